The summed E-state index contributed by atoms with van der Waals surface area (Å²) in [7, 11) is -2.95. The van der Waals surface area contributed by atoms with E-state index in [0.29, 0.717) is 9.79 Å². The van der Waals surface area contributed by atoms with Crippen LogP contribution in [0.3, 0.4) is 0 Å². The van der Waals surface area contributed by atoms with E-state index in [1.54, 1.807) is 6.07 Å². The first-order valence-electron chi connectivity index (χ1n) is 5.07. The van der Waals surface area contributed by atoms with E-state index in [4.69, 9.17) is 0 Å². The van der Waals surface area contributed by atoms with E-state index in [-0.39, 0.29) is 9.79 Å². The Morgan fingerprint density at radius 2 is 1.53 bits per heavy atom. The lowest BCUT2D eigenvalue weighted by Gasteiger charge is -2.04. The van der Waals surface area contributed by atoms with Crippen molar-refractivity contribution < 1.29 is 17.2 Å². The van der Waals surface area contributed by atoms with Gasteiger partial charge in [0, 0.05) is 14.7 Å². The molecule has 100 valence electrons. The maximum atomic E-state index is 13.5. The highest BCUT2D eigenvalue weighted by atomic mass is 32.2. The zero-order valence-electron chi connectivity index (χ0n) is 9.34. The number of rotatable bonds is 3. The molecule has 0 unspecified atom stereocenters. The minimum atomic E-state index is -2.95. The number of hydrogen-bond donors (Lipinski definition) is 2. The van der Waals surface area contributed by atoms with Crippen LogP contribution >= 0.6 is 24.4 Å². The van der Waals surface area contributed by atoms with Crippen molar-refractivity contribution in [2.45, 2.75) is 19.6 Å². The molecule has 0 aliphatic rings. The van der Waals surface area contributed by atoms with E-state index in [1.165, 1.54) is 24.3 Å². The van der Waals surface area contributed by atoms with Crippen LogP contribution in [0.15, 0.2) is 56.0 Å². The highest BCUT2D eigenvalue weighted by Crippen LogP contribution is 2.30. The summed E-state index contributed by atoms with van der Waals surface area (Å²) in [6.07, 6.45) is 0. The second-order valence-electron chi connectivity index (χ2n) is 3.59. The third-order valence-corrected chi connectivity index (χ3v) is 4.37. The first-order chi connectivity index (χ1) is 8.97. The predicted molar refractivity (Wildman–Crippen MR) is 72.8 cm³/mol. The van der Waals surface area contributed by atoms with E-state index < -0.39 is 22.3 Å². The predicted octanol–water partition coefficient (Wildman–Crippen LogP) is 3.38. The van der Waals surface area contributed by atoms with Gasteiger partial charge in [-0.15, -0.1) is 12.6 Å². The van der Waals surface area contributed by atoms with Crippen molar-refractivity contribution in [1.29, 1.82) is 0 Å². The molecule has 2 rings (SSSR count). The van der Waals surface area contributed by atoms with E-state index >= 15 is 0 Å². The summed E-state index contributed by atoms with van der Waals surface area (Å²) in [6, 6.07) is 8.20. The second kappa shape index (κ2) is 5.94. The van der Waals surface area contributed by atoms with E-state index in [1.807, 2.05) is 0 Å². The second-order valence-corrected chi connectivity index (χ2v) is 6.21. The van der Waals surface area contributed by atoms with Crippen LogP contribution in [0.1, 0.15) is 0 Å². The van der Waals surface area contributed by atoms with Gasteiger partial charge in [-0.25, -0.2) is 17.2 Å². The average molecular weight is 318 g/mol. The van der Waals surface area contributed by atoms with Gasteiger partial charge >= 0.3 is 0 Å². The van der Waals surface area contributed by atoms with Gasteiger partial charge in [0.25, 0.3) is 0 Å². The topological polar surface area (TPSA) is 34.1 Å². The fourth-order valence-electron chi connectivity index (χ4n) is 1.39. The number of hydrogen-bond acceptors (Lipinski definition) is 4. The van der Waals surface area contributed by atoms with Crippen molar-refractivity contribution in [1.82, 2.24) is 0 Å². The van der Waals surface area contributed by atoms with Crippen molar-refractivity contribution in [3.05, 3.63) is 48.0 Å². The Balaban J connectivity index is 2.28. The Hall–Kier alpha value is -1.05. The van der Waals surface area contributed by atoms with Crippen molar-refractivity contribution in [2.24, 2.45) is 0 Å². The summed E-state index contributed by atoms with van der Waals surface area (Å²) in [5.41, 5.74) is 0. The van der Waals surface area contributed by atoms with Gasteiger partial charge in [-0.1, -0.05) is 11.8 Å². The summed E-state index contributed by atoms with van der Waals surface area (Å²) in [6.45, 7) is 0. The first-order valence-corrected chi connectivity index (χ1v) is 7.52. The van der Waals surface area contributed by atoms with E-state index in [2.05, 4.69) is 12.6 Å². The van der Waals surface area contributed by atoms with Crippen LogP contribution in [0.2, 0.25) is 0 Å². The van der Waals surface area contributed by atoms with Crippen molar-refractivity contribution in [2.75, 3.05) is 0 Å². The molecule has 0 saturated heterocycles. The molecule has 2 aromatic rings. The molecule has 19 heavy (non-hydrogen) atoms. The largest absolute Gasteiger partial charge is 0.227 e. The lowest BCUT2D eigenvalue weighted by atomic mass is 10.3. The standard InChI is InChI=1S/C12H8F2O2S3/c13-9-5-7(1-3-11(9)17)18-8-2-4-12(19(15)16)10(14)6-8/h1-6,17,19H. The fourth-order valence-corrected chi connectivity index (χ4v) is 2.83. The Bertz CT molecular complexity index is 691. The third-order valence-electron chi connectivity index (χ3n) is 2.27. The minimum Gasteiger partial charge on any atom is -0.227 e. The molecule has 2 aromatic carbocycles. The van der Waals surface area contributed by atoms with Gasteiger partial charge < -0.3 is 0 Å². The summed E-state index contributed by atoms with van der Waals surface area (Å²) >= 11 is 5.05. The molecule has 0 fully saturated rings. The van der Waals surface area contributed by atoms with E-state index in [0.717, 1.165) is 17.8 Å². The van der Waals surface area contributed by atoms with Gasteiger partial charge in [-0.05, 0) is 36.4 Å². The molecule has 0 atom stereocenters. The van der Waals surface area contributed by atoms with Crippen molar-refractivity contribution >= 4 is 35.1 Å². The molecule has 7 heteroatoms. The van der Waals surface area contributed by atoms with Crippen LogP contribution in [0.4, 0.5) is 8.78 Å². The molecule has 0 heterocycles. The zero-order valence-corrected chi connectivity index (χ0v) is 11.9. The van der Waals surface area contributed by atoms with E-state index in [9.17, 15) is 17.2 Å². The molecule has 0 saturated carbocycles. The van der Waals surface area contributed by atoms with Crippen LogP contribution in [0.5, 0.6) is 0 Å². The Morgan fingerprint density at radius 3 is 2.05 bits per heavy atom. The van der Waals surface area contributed by atoms with Crippen LogP contribution in [0.25, 0.3) is 0 Å². The van der Waals surface area contributed by atoms with Gasteiger partial charge in [0.1, 0.15) is 11.6 Å². The smallest absolute Gasteiger partial charge is 0.171 e. The maximum absolute atomic E-state index is 13.5. The number of halogens is 2. The number of thiol groups is 2. The lowest BCUT2D eigenvalue weighted by molar-refractivity contribution is 0.576. The molecule has 0 radical (unpaired) electrons. The molecule has 0 N–H and O–H groups in total. The Labute approximate surface area is 120 Å². The molecule has 0 amide bonds. The third kappa shape index (κ3) is 3.49. The van der Waals surface area contributed by atoms with Crippen LogP contribution in [0, 0.1) is 11.6 Å². The fraction of sp³-hybridized carbons (Fsp3) is 0. The molecule has 0 aliphatic carbocycles. The maximum Gasteiger partial charge on any atom is 0.171 e. The molecule has 0 bridgehead atoms. The summed E-state index contributed by atoms with van der Waals surface area (Å²) in [5.74, 6) is -1.28. The van der Waals surface area contributed by atoms with Crippen molar-refractivity contribution in [3.8, 4) is 0 Å². The highest BCUT2D eigenvalue weighted by Gasteiger charge is 2.07. The Morgan fingerprint density at radius 1 is 0.947 bits per heavy atom. The van der Waals surface area contributed by atoms with Gasteiger partial charge in [-0.2, -0.15) is 0 Å². The van der Waals surface area contributed by atoms with Gasteiger partial charge in [0.15, 0.2) is 10.7 Å². The van der Waals surface area contributed by atoms with Crippen LogP contribution in [-0.4, -0.2) is 8.42 Å². The summed E-state index contributed by atoms with van der Waals surface area (Å²) < 4.78 is 48.2. The summed E-state index contributed by atoms with van der Waals surface area (Å²) in [5, 5.41) is 0. The molecule has 0 aromatic heterocycles. The normalized spacial score (nSPS) is 10.9. The molecular weight excluding hydrogens is 310 g/mol. The van der Waals surface area contributed by atoms with Gasteiger partial charge in [-0.3, -0.25) is 0 Å². The summed E-state index contributed by atoms with van der Waals surface area (Å²) in [4.78, 5) is 0.948. The van der Waals surface area contributed by atoms with Crippen LogP contribution in [-0.2, 0) is 10.7 Å². The SMILES string of the molecule is O=[SH](=O)c1ccc(Sc2ccc(S)c(F)c2)cc1F. The van der Waals surface area contributed by atoms with Gasteiger partial charge in [0.2, 0.25) is 0 Å². The van der Waals surface area contributed by atoms with Gasteiger partial charge in [0.05, 0.1) is 4.90 Å². The monoisotopic (exact) mass is 318 g/mol. The molecular formula is C12H8F2O2S3. The molecule has 0 spiro atoms. The first kappa shape index (κ1) is 14.4. The van der Waals surface area contributed by atoms with Crippen molar-refractivity contribution in [3.63, 3.8) is 0 Å². The highest BCUT2D eigenvalue weighted by molar-refractivity contribution is 7.99. The average Bonchev–Trinajstić information content (AvgIpc) is 2.33. The lowest BCUT2D eigenvalue weighted by Crippen LogP contribution is -1.88. The Kier molecular flexibility index (Phi) is 4.49. The molecule has 2 nitrogen and oxygen atoms in total. The minimum absolute atomic E-state index is 0.231. The quantitative estimate of drug-likeness (QED) is 0.852. The van der Waals surface area contributed by atoms with Crippen LogP contribution < -0.4 is 0 Å². The zero-order chi connectivity index (χ0) is 14.0. The number of benzene rings is 2. The molecule has 0 aliphatic heterocycles.